The zero-order chi connectivity index (χ0) is 18.7. The number of hydrogen-bond donors (Lipinski definition) is 1. The topological polar surface area (TPSA) is 29.1 Å². The molecule has 0 unspecified atom stereocenters. The quantitative estimate of drug-likeness (QED) is 0.619. The number of halogens is 3. The van der Waals surface area contributed by atoms with Crippen LogP contribution in [0.2, 0.25) is 0 Å². The van der Waals surface area contributed by atoms with Gasteiger partial charge in [0.15, 0.2) is 0 Å². The average Bonchev–Trinajstić information content (AvgIpc) is 2.63. The van der Waals surface area contributed by atoms with E-state index in [1.165, 1.54) is 19.1 Å². The Hall–Kier alpha value is -3.08. The minimum atomic E-state index is -4.47. The van der Waals surface area contributed by atoms with E-state index < -0.39 is 17.6 Å². The third kappa shape index (κ3) is 3.77. The minimum absolute atomic E-state index is 0.107. The van der Waals surface area contributed by atoms with Crippen LogP contribution in [0.3, 0.4) is 0 Å². The highest BCUT2D eigenvalue weighted by Gasteiger charge is 2.32. The van der Waals surface area contributed by atoms with E-state index in [1.807, 2.05) is 36.4 Å². The first-order valence-corrected chi connectivity index (χ1v) is 8.00. The molecule has 26 heavy (non-hydrogen) atoms. The number of nitrogens with one attached hydrogen (secondary N) is 1. The second kappa shape index (κ2) is 7.04. The number of rotatable bonds is 3. The molecule has 5 heteroatoms. The Balaban J connectivity index is 1.93. The standard InChI is InChI=1S/C21H16F3NO/c1-14-11-12-16(13-19(14)21(22,23)24)25-20(26)18-10-6-5-9-17(18)15-7-3-2-4-8-15/h2-13H,1H3,(H,25,26). The molecule has 0 radical (unpaired) electrons. The van der Waals surface area contributed by atoms with Crippen molar-refractivity contribution in [2.45, 2.75) is 13.1 Å². The maximum absolute atomic E-state index is 13.1. The van der Waals surface area contributed by atoms with Crippen LogP contribution in [0.15, 0.2) is 72.8 Å². The maximum Gasteiger partial charge on any atom is 0.416 e. The predicted molar refractivity (Wildman–Crippen MR) is 96.0 cm³/mol. The molecule has 0 heterocycles. The lowest BCUT2D eigenvalue weighted by Crippen LogP contribution is -2.15. The van der Waals surface area contributed by atoms with E-state index in [0.717, 1.165) is 11.6 Å². The molecule has 3 aromatic carbocycles. The fourth-order valence-corrected chi connectivity index (χ4v) is 2.75. The third-order valence-corrected chi connectivity index (χ3v) is 4.06. The summed E-state index contributed by atoms with van der Waals surface area (Å²) >= 11 is 0. The molecular formula is C21H16F3NO. The van der Waals surface area contributed by atoms with Gasteiger partial charge in [-0.25, -0.2) is 0 Å². The van der Waals surface area contributed by atoms with E-state index in [9.17, 15) is 18.0 Å². The van der Waals surface area contributed by atoms with Crippen LogP contribution in [-0.2, 0) is 6.18 Å². The summed E-state index contributed by atoms with van der Waals surface area (Å²) in [4.78, 5) is 12.7. The number of alkyl halides is 3. The van der Waals surface area contributed by atoms with Gasteiger partial charge in [0.2, 0.25) is 0 Å². The van der Waals surface area contributed by atoms with Crippen molar-refractivity contribution in [3.8, 4) is 11.1 Å². The lowest BCUT2D eigenvalue weighted by atomic mass is 9.99. The van der Waals surface area contributed by atoms with Gasteiger partial charge < -0.3 is 5.32 Å². The highest BCUT2D eigenvalue weighted by molar-refractivity contribution is 6.08. The molecule has 3 aromatic rings. The van der Waals surface area contributed by atoms with Crippen molar-refractivity contribution in [3.63, 3.8) is 0 Å². The van der Waals surface area contributed by atoms with Gasteiger partial charge in [0, 0.05) is 11.3 Å². The number of carbonyl (C=O) groups excluding carboxylic acids is 1. The van der Waals surface area contributed by atoms with Crippen LogP contribution in [0, 0.1) is 6.92 Å². The van der Waals surface area contributed by atoms with E-state index >= 15 is 0 Å². The van der Waals surface area contributed by atoms with E-state index in [-0.39, 0.29) is 11.3 Å². The Morgan fingerprint density at radius 2 is 1.54 bits per heavy atom. The molecular weight excluding hydrogens is 339 g/mol. The van der Waals surface area contributed by atoms with Gasteiger partial charge in [-0.15, -0.1) is 0 Å². The van der Waals surface area contributed by atoms with Crippen molar-refractivity contribution in [3.05, 3.63) is 89.5 Å². The molecule has 0 bridgehead atoms. The molecule has 0 aromatic heterocycles. The summed E-state index contributed by atoms with van der Waals surface area (Å²) in [5, 5.41) is 2.57. The fourth-order valence-electron chi connectivity index (χ4n) is 2.75. The third-order valence-electron chi connectivity index (χ3n) is 4.06. The largest absolute Gasteiger partial charge is 0.416 e. The first kappa shape index (κ1) is 17.7. The Morgan fingerprint density at radius 3 is 2.23 bits per heavy atom. The Morgan fingerprint density at radius 1 is 0.885 bits per heavy atom. The van der Waals surface area contributed by atoms with Crippen molar-refractivity contribution >= 4 is 11.6 Å². The van der Waals surface area contributed by atoms with Crippen LogP contribution >= 0.6 is 0 Å². The lowest BCUT2D eigenvalue weighted by Gasteiger charge is -2.14. The van der Waals surface area contributed by atoms with Crippen molar-refractivity contribution in [1.82, 2.24) is 0 Å². The van der Waals surface area contributed by atoms with Gasteiger partial charge in [-0.2, -0.15) is 13.2 Å². The average molecular weight is 355 g/mol. The van der Waals surface area contributed by atoms with Crippen LogP contribution in [0.4, 0.5) is 18.9 Å². The molecule has 3 rings (SSSR count). The van der Waals surface area contributed by atoms with Crippen molar-refractivity contribution in [2.75, 3.05) is 5.32 Å². The van der Waals surface area contributed by atoms with Gasteiger partial charge >= 0.3 is 6.18 Å². The number of carbonyl (C=O) groups is 1. The lowest BCUT2D eigenvalue weighted by molar-refractivity contribution is -0.138. The highest BCUT2D eigenvalue weighted by atomic mass is 19.4. The van der Waals surface area contributed by atoms with Gasteiger partial charge in [-0.1, -0.05) is 54.6 Å². The summed E-state index contributed by atoms with van der Waals surface area (Å²) in [6.07, 6.45) is -4.47. The molecule has 0 saturated heterocycles. The second-order valence-corrected chi connectivity index (χ2v) is 5.89. The van der Waals surface area contributed by atoms with Crippen molar-refractivity contribution in [1.29, 1.82) is 0 Å². The summed E-state index contributed by atoms with van der Waals surface area (Å²) in [5.74, 6) is -0.457. The van der Waals surface area contributed by atoms with Crippen molar-refractivity contribution < 1.29 is 18.0 Å². The van der Waals surface area contributed by atoms with Gasteiger partial charge in [-0.3, -0.25) is 4.79 Å². The SMILES string of the molecule is Cc1ccc(NC(=O)c2ccccc2-c2ccccc2)cc1C(F)(F)F. The van der Waals surface area contributed by atoms with Crippen LogP contribution in [0.25, 0.3) is 11.1 Å². The number of aryl methyl sites for hydroxylation is 1. The molecule has 0 aliphatic carbocycles. The smallest absolute Gasteiger partial charge is 0.322 e. The van der Waals surface area contributed by atoms with E-state index in [1.54, 1.807) is 18.2 Å². The van der Waals surface area contributed by atoms with E-state index in [4.69, 9.17) is 0 Å². The molecule has 1 amide bonds. The Labute approximate surface area is 149 Å². The van der Waals surface area contributed by atoms with Crippen LogP contribution in [-0.4, -0.2) is 5.91 Å². The molecule has 0 saturated carbocycles. The zero-order valence-electron chi connectivity index (χ0n) is 14.0. The van der Waals surface area contributed by atoms with Crippen molar-refractivity contribution in [2.24, 2.45) is 0 Å². The summed E-state index contributed by atoms with van der Waals surface area (Å²) in [5.41, 5.74) is 1.43. The number of hydrogen-bond acceptors (Lipinski definition) is 1. The number of amides is 1. The maximum atomic E-state index is 13.1. The Bertz CT molecular complexity index is 933. The van der Waals surface area contributed by atoms with E-state index in [2.05, 4.69) is 5.32 Å². The molecule has 0 spiro atoms. The molecule has 0 aliphatic rings. The summed E-state index contributed by atoms with van der Waals surface area (Å²) < 4.78 is 39.2. The molecule has 1 N–H and O–H groups in total. The van der Waals surface area contributed by atoms with Crippen LogP contribution < -0.4 is 5.32 Å². The summed E-state index contributed by atoms with van der Waals surface area (Å²) in [7, 11) is 0. The molecule has 0 atom stereocenters. The Kier molecular flexibility index (Phi) is 4.80. The van der Waals surface area contributed by atoms with Gasteiger partial charge in [0.1, 0.15) is 0 Å². The normalized spacial score (nSPS) is 11.2. The fraction of sp³-hybridized carbons (Fsp3) is 0.0952. The number of anilines is 1. The molecule has 0 fully saturated rings. The van der Waals surface area contributed by atoms with E-state index in [0.29, 0.717) is 11.1 Å². The molecule has 132 valence electrons. The summed E-state index contributed by atoms with van der Waals surface area (Å²) in [6, 6.07) is 20.1. The second-order valence-electron chi connectivity index (χ2n) is 5.89. The van der Waals surface area contributed by atoms with Gasteiger partial charge in [0.05, 0.1) is 5.56 Å². The van der Waals surface area contributed by atoms with Crippen LogP contribution in [0.1, 0.15) is 21.5 Å². The summed E-state index contributed by atoms with van der Waals surface area (Å²) in [6.45, 7) is 1.39. The molecule has 0 aliphatic heterocycles. The predicted octanol–water partition coefficient (Wildman–Crippen LogP) is 5.93. The number of benzene rings is 3. The van der Waals surface area contributed by atoms with Gasteiger partial charge in [-0.05, 0) is 41.8 Å². The van der Waals surface area contributed by atoms with Gasteiger partial charge in [0.25, 0.3) is 5.91 Å². The first-order chi connectivity index (χ1) is 12.4. The molecule has 2 nitrogen and oxygen atoms in total. The monoisotopic (exact) mass is 355 g/mol. The first-order valence-electron chi connectivity index (χ1n) is 8.00. The zero-order valence-corrected chi connectivity index (χ0v) is 14.0. The van der Waals surface area contributed by atoms with Crippen LogP contribution in [0.5, 0.6) is 0 Å². The highest BCUT2D eigenvalue weighted by Crippen LogP contribution is 2.33. The minimum Gasteiger partial charge on any atom is -0.322 e.